The number of carbonyl (C=O) groups excluding carboxylic acids is 2. The molecule has 2 rings (SSSR count). The van der Waals surface area contributed by atoms with Crippen molar-refractivity contribution in [3.8, 4) is 0 Å². The fraction of sp³-hybridized carbons (Fsp3) is 0.273. The van der Waals surface area contributed by atoms with Crippen LogP contribution in [0.5, 0.6) is 0 Å². The molecule has 0 fully saturated rings. The molecule has 0 unspecified atom stereocenters. The highest BCUT2D eigenvalue weighted by atomic mass is 32.2. The van der Waals surface area contributed by atoms with Gasteiger partial charge in [-0.1, -0.05) is 0 Å². The van der Waals surface area contributed by atoms with Gasteiger partial charge in [0.15, 0.2) is 0 Å². The standard InChI is InChI=1S/C22H24N2O8S/c25-19(3-1-5-21(27)28)23-15-7-11-17(12-8-15)33(31,32)18-13-9-16(10-14-18)24-20(26)4-2-6-22(29)30/h7-14H,1-6H2,(H,23,25)(H,24,26)(H,27,28)(H,29,30). The van der Waals surface area contributed by atoms with Crippen LogP contribution in [0.25, 0.3) is 0 Å². The maximum atomic E-state index is 12.8. The molecule has 0 spiro atoms. The van der Waals surface area contributed by atoms with Gasteiger partial charge in [0.05, 0.1) is 9.79 Å². The lowest BCUT2D eigenvalue weighted by molar-refractivity contribution is -0.138. The van der Waals surface area contributed by atoms with Crippen LogP contribution >= 0.6 is 0 Å². The number of anilines is 2. The van der Waals surface area contributed by atoms with Gasteiger partial charge in [-0.2, -0.15) is 0 Å². The third-order valence-electron chi connectivity index (χ3n) is 4.49. The van der Waals surface area contributed by atoms with Gasteiger partial charge in [-0.05, 0) is 61.4 Å². The first-order valence-corrected chi connectivity index (χ1v) is 11.5. The molecule has 176 valence electrons. The molecular formula is C22H24N2O8S. The van der Waals surface area contributed by atoms with Crippen LogP contribution in [0, 0.1) is 0 Å². The normalized spacial score (nSPS) is 10.9. The van der Waals surface area contributed by atoms with E-state index < -0.39 is 21.8 Å². The zero-order valence-electron chi connectivity index (χ0n) is 17.6. The molecule has 0 aromatic heterocycles. The summed E-state index contributed by atoms with van der Waals surface area (Å²) >= 11 is 0. The van der Waals surface area contributed by atoms with E-state index in [1.54, 1.807) is 0 Å². The van der Waals surface area contributed by atoms with Crippen LogP contribution < -0.4 is 10.6 Å². The summed E-state index contributed by atoms with van der Waals surface area (Å²) in [5.74, 6) is -2.70. The van der Waals surface area contributed by atoms with Crippen molar-refractivity contribution in [1.29, 1.82) is 0 Å². The average molecular weight is 477 g/mol. The minimum atomic E-state index is -3.83. The van der Waals surface area contributed by atoms with E-state index >= 15 is 0 Å². The summed E-state index contributed by atoms with van der Waals surface area (Å²) in [6.07, 6.45) is 0.248. The minimum absolute atomic E-state index is 0.0110. The highest BCUT2D eigenvalue weighted by Crippen LogP contribution is 2.24. The van der Waals surface area contributed by atoms with E-state index in [0.29, 0.717) is 11.4 Å². The molecule has 4 N–H and O–H groups in total. The summed E-state index contributed by atoms with van der Waals surface area (Å²) in [6.45, 7) is 0. The van der Waals surface area contributed by atoms with Crippen molar-refractivity contribution in [1.82, 2.24) is 0 Å². The topological polar surface area (TPSA) is 167 Å². The minimum Gasteiger partial charge on any atom is -0.481 e. The molecule has 0 aliphatic rings. The second-order valence-electron chi connectivity index (χ2n) is 7.14. The quantitative estimate of drug-likeness (QED) is 0.363. The van der Waals surface area contributed by atoms with Gasteiger partial charge >= 0.3 is 11.9 Å². The van der Waals surface area contributed by atoms with Gasteiger partial charge in [0, 0.05) is 37.1 Å². The molecule has 2 amide bonds. The van der Waals surface area contributed by atoms with E-state index in [1.165, 1.54) is 48.5 Å². The first-order chi connectivity index (χ1) is 15.6. The Morgan fingerprint density at radius 1 is 0.606 bits per heavy atom. The average Bonchev–Trinajstić information content (AvgIpc) is 2.74. The summed E-state index contributed by atoms with van der Waals surface area (Å²) in [6, 6.07) is 11.1. The molecule has 0 saturated carbocycles. The van der Waals surface area contributed by atoms with Crippen molar-refractivity contribution in [2.75, 3.05) is 10.6 Å². The fourth-order valence-electron chi connectivity index (χ4n) is 2.82. The van der Waals surface area contributed by atoms with Crippen molar-refractivity contribution >= 4 is 45.0 Å². The summed E-state index contributed by atoms with van der Waals surface area (Å²) in [7, 11) is -3.83. The van der Waals surface area contributed by atoms with Crippen LogP contribution in [0.15, 0.2) is 58.3 Å². The third-order valence-corrected chi connectivity index (χ3v) is 6.27. The first-order valence-electron chi connectivity index (χ1n) is 10.1. The predicted molar refractivity (Wildman–Crippen MR) is 119 cm³/mol. The van der Waals surface area contributed by atoms with Gasteiger partial charge in [-0.25, -0.2) is 8.42 Å². The van der Waals surface area contributed by atoms with Crippen molar-refractivity contribution in [3.05, 3.63) is 48.5 Å². The number of sulfone groups is 1. The van der Waals surface area contributed by atoms with Crippen LogP contribution in [-0.4, -0.2) is 42.4 Å². The Morgan fingerprint density at radius 3 is 1.24 bits per heavy atom. The molecule has 0 saturated heterocycles. The molecule has 0 atom stereocenters. The molecule has 2 aromatic rings. The number of carboxylic acids is 2. The largest absolute Gasteiger partial charge is 0.481 e. The Hall–Kier alpha value is -3.73. The van der Waals surface area contributed by atoms with Gasteiger partial charge < -0.3 is 20.8 Å². The molecule has 0 radical (unpaired) electrons. The van der Waals surface area contributed by atoms with E-state index in [1.807, 2.05) is 0 Å². The van der Waals surface area contributed by atoms with Crippen molar-refractivity contribution < 1.29 is 37.8 Å². The number of hydrogen-bond donors (Lipinski definition) is 4. The zero-order valence-corrected chi connectivity index (χ0v) is 18.4. The van der Waals surface area contributed by atoms with Crippen LogP contribution in [0.4, 0.5) is 11.4 Å². The zero-order chi connectivity index (χ0) is 24.4. The highest BCUT2D eigenvalue weighted by Gasteiger charge is 2.18. The lowest BCUT2D eigenvalue weighted by Gasteiger charge is -2.09. The number of nitrogens with one attached hydrogen (secondary N) is 2. The molecule has 0 aliphatic heterocycles. The Kier molecular flexibility index (Phi) is 9.10. The third kappa shape index (κ3) is 8.37. The van der Waals surface area contributed by atoms with Crippen LogP contribution in [0.1, 0.15) is 38.5 Å². The summed E-state index contributed by atoms with van der Waals surface area (Å²) in [5.41, 5.74) is 0.769. The van der Waals surface area contributed by atoms with E-state index in [4.69, 9.17) is 10.2 Å². The molecule has 2 aromatic carbocycles. The lowest BCUT2D eigenvalue weighted by Crippen LogP contribution is -2.12. The molecule has 0 bridgehead atoms. The van der Waals surface area contributed by atoms with E-state index in [9.17, 15) is 27.6 Å². The SMILES string of the molecule is O=C(O)CCCC(=O)Nc1ccc(S(=O)(=O)c2ccc(NC(=O)CCCC(=O)O)cc2)cc1. The first kappa shape index (κ1) is 25.5. The van der Waals surface area contributed by atoms with E-state index in [0.717, 1.165) is 0 Å². The monoisotopic (exact) mass is 476 g/mol. The van der Waals surface area contributed by atoms with E-state index in [2.05, 4.69) is 10.6 Å². The number of aliphatic carboxylic acids is 2. The second-order valence-corrected chi connectivity index (χ2v) is 9.09. The summed E-state index contributed by atoms with van der Waals surface area (Å²) in [4.78, 5) is 44.6. The Labute approximate surface area is 190 Å². The van der Waals surface area contributed by atoms with Crippen LogP contribution in [-0.2, 0) is 29.0 Å². The van der Waals surface area contributed by atoms with Gasteiger partial charge in [0.2, 0.25) is 21.7 Å². The molecule has 0 aliphatic carbocycles. The fourth-order valence-corrected chi connectivity index (χ4v) is 4.08. The maximum Gasteiger partial charge on any atom is 0.303 e. The van der Waals surface area contributed by atoms with Crippen molar-refractivity contribution in [2.24, 2.45) is 0 Å². The molecule has 33 heavy (non-hydrogen) atoms. The van der Waals surface area contributed by atoms with Crippen LogP contribution in [0.3, 0.4) is 0 Å². The summed E-state index contributed by atoms with van der Waals surface area (Å²) < 4.78 is 25.7. The van der Waals surface area contributed by atoms with Crippen LogP contribution in [0.2, 0.25) is 0 Å². The van der Waals surface area contributed by atoms with Crippen molar-refractivity contribution in [3.63, 3.8) is 0 Å². The Bertz CT molecular complexity index is 1030. The maximum absolute atomic E-state index is 12.8. The second kappa shape index (κ2) is 11.8. The Morgan fingerprint density at radius 2 is 0.939 bits per heavy atom. The number of amides is 2. The number of carbonyl (C=O) groups is 4. The number of hydrogen-bond acceptors (Lipinski definition) is 6. The van der Waals surface area contributed by atoms with Gasteiger partial charge in [0.1, 0.15) is 0 Å². The van der Waals surface area contributed by atoms with Crippen molar-refractivity contribution in [2.45, 2.75) is 48.3 Å². The van der Waals surface area contributed by atoms with E-state index in [-0.39, 0.29) is 60.1 Å². The highest BCUT2D eigenvalue weighted by molar-refractivity contribution is 7.91. The van der Waals surface area contributed by atoms with Gasteiger partial charge in [0.25, 0.3) is 0 Å². The molecule has 10 nitrogen and oxygen atoms in total. The number of rotatable bonds is 12. The molecule has 11 heteroatoms. The lowest BCUT2D eigenvalue weighted by atomic mass is 10.2. The molecular weight excluding hydrogens is 452 g/mol. The summed E-state index contributed by atoms with van der Waals surface area (Å²) in [5, 5.41) is 22.3. The number of benzene rings is 2. The number of carboxylic acid groups (broad SMARTS) is 2. The Balaban J connectivity index is 1.97. The smallest absolute Gasteiger partial charge is 0.303 e. The predicted octanol–water partition coefficient (Wildman–Crippen LogP) is 2.91. The van der Waals surface area contributed by atoms with Gasteiger partial charge in [-0.15, -0.1) is 0 Å². The molecule has 0 heterocycles. The van der Waals surface area contributed by atoms with Gasteiger partial charge in [-0.3, -0.25) is 19.2 Å².